The summed E-state index contributed by atoms with van der Waals surface area (Å²) in [7, 11) is 2.06. The maximum atomic E-state index is 6.39. The highest BCUT2D eigenvalue weighted by Crippen LogP contribution is 2.37. The van der Waals surface area contributed by atoms with Gasteiger partial charge in [-0.2, -0.15) is 0 Å². The van der Waals surface area contributed by atoms with Crippen molar-refractivity contribution in [2.24, 2.45) is 0 Å². The summed E-state index contributed by atoms with van der Waals surface area (Å²) in [6.07, 6.45) is 6.06. The zero-order valence-corrected chi connectivity index (χ0v) is 21.3. The van der Waals surface area contributed by atoms with Crippen LogP contribution in [-0.4, -0.2) is 28.2 Å². The van der Waals surface area contributed by atoms with Gasteiger partial charge in [-0.15, -0.1) is 0 Å². The summed E-state index contributed by atoms with van der Waals surface area (Å²) < 4.78 is 14.8. The number of rotatable bonds is 4. The summed E-state index contributed by atoms with van der Waals surface area (Å²) in [6.45, 7) is 0.818. The SMILES string of the molecule is CN1C=CN(c2cccc(Oc3ccc4c5ccccc5n(-c5cc6oc7ccccc7c6cn5)c4c3)c2)C1. The van der Waals surface area contributed by atoms with Crippen LogP contribution in [-0.2, 0) is 0 Å². The topological polar surface area (TPSA) is 46.7 Å². The molecule has 0 spiro atoms. The fourth-order valence-corrected chi connectivity index (χ4v) is 5.55. The van der Waals surface area contributed by atoms with Crippen LogP contribution in [0.5, 0.6) is 11.5 Å². The smallest absolute Gasteiger partial charge is 0.141 e. The Labute approximate surface area is 224 Å². The highest BCUT2D eigenvalue weighted by atomic mass is 16.5. The third kappa shape index (κ3) is 3.53. The van der Waals surface area contributed by atoms with E-state index in [2.05, 4.69) is 88.4 Å². The molecule has 39 heavy (non-hydrogen) atoms. The van der Waals surface area contributed by atoms with Crippen LogP contribution < -0.4 is 9.64 Å². The fraction of sp³-hybridized carbons (Fsp3) is 0.0606. The van der Waals surface area contributed by atoms with Gasteiger partial charge in [-0.05, 0) is 36.4 Å². The quantitative estimate of drug-likeness (QED) is 0.241. The van der Waals surface area contributed by atoms with E-state index in [1.54, 1.807) is 0 Å². The van der Waals surface area contributed by atoms with E-state index in [0.29, 0.717) is 0 Å². The van der Waals surface area contributed by atoms with E-state index in [4.69, 9.17) is 14.1 Å². The Morgan fingerprint density at radius 1 is 0.692 bits per heavy atom. The van der Waals surface area contributed by atoms with Gasteiger partial charge in [0.15, 0.2) is 0 Å². The molecule has 0 saturated heterocycles. The largest absolute Gasteiger partial charge is 0.457 e. The van der Waals surface area contributed by atoms with Crippen LogP contribution in [0.3, 0.4) is 0 Å². The van der Waals surface area contributed by atoms with E-state index in [0.717, 1.165) is 73.4 Å². The molecular weight excluding hydrogens is 484 g/mol. The molecule has 0 radical (unpaired) electrons. The second kappa shape index (κ2) is 8.39. The molecule has 0 unspecified atom stereocenters. The molecule has 8 rings (SSSR count). The van der Waals surface area contributed by atoms with Gasteiger partial charge in [0.25, 0.3) is 0 Å². The highest BCUT2D eigenvalue weighted by molar-refractivity contribution is 6.10. The molecule has 0 atom stereocenters. The molecule has 6 nitrogen and oxygen atoms in total. The first kappa shape index (κ1) is 21.8. The third-order valence-corrected chi connectivity index (χ3v) is 7.38. The van der Waals surface area contributed by atoms with Gasteiger partial charge < -0.3 is 19.0 Å². The van der Waals surface area contributed by atoms with Crippen molar-refractivity contribution in [2.45, 2.75) is 0 Å². The molecule has 6 heteroatoms. The number of hydrogen-bond acceptors (Lipinski definition) is 5. The third-order valence-electron chi connectivity index (χ3n) is 7.38. The van der Waals surface area contributed by atoms with Crippen molar-refractivity contribution >= 4 is 49.4 Å². The first-order valence-corrected chi connectivity index (χ1v) is 13.0. The lowest BCUT2D eigenvalue weighted by atomic mass is 10.1. The minimum atomic E-state index is 0.766. The van der Waals surface area contributed by atoms with Crippen LogP contribution in [0.2, 0.25) is 0 Å². The van der Waals surface area contributed by atoms with Gasteiger partial charge in [-0.3, -0.25) is 4.57 Å². The molecule has 7 aromatic rings. The number of pyridine rings is 1. The molecule has 3 aromatic heterocycles. The van der Waals surface area contributed by atoms with Crippen molar-refractivity contribution in [1.82, 2.24) is 14.5 Å². The number of fused-ring (bicyclic) bond motifs is 6. The second-order valence-corrected chi connectivity index (χ2v) is 9.93. The summed E-state index contributed by atoms with van der Waals surface area (Å²) in [5.41, 5.74) is 4.88. The zero-order valence-electron chi connectivity index (χ0n) is 21.3. The number of nitrogens with zero attached hydrogens (tertiary/aromatic N) is 4. The number of benzene rings is 4. The molecule has 1 aliphatic rings. The lowest BCUT2D eigenvalue weighted by Gasteiger charge is -2.19. The first-order chi connectivity index (χ1) is 19.2. The molecule has 0 N–H and O–H groups in total. The molecule has 0 saturated carbocycles. The number of anilines is 1. The minimum Gasteiger partial charge on any atom is -0.457 e. The number of para-hydroxylation sites is 2. The molecule has 188 valence electrons. The molecule has 0 amide bonds. The number of furan rings is 1. The molecule has 0 bridgehead atoms. The lowest BCUT2D eigenvalue weighted by molar-refractivity contribution is 0.481. The Morgan fingerprint density at radius 2 is 1.51 bits per heavy atom. The first-order valence-electron chi connectivity index (χ1n) is 13.0. The van der Waals surface area contributed by atoms with E-state index >= 15 is 0 Å². The number of ether oxygens (including phenoxy) is 1. The fourth-order valence-electron chi connectivity index (χ4n) is 5.55. The van der Waals surface area contributed by atoms with Crippen LogP contribution in [0.1, 0.15) is 0 Å². The monoisotopic (exact) mass is 508 g/mol. The molecule has 0 fully saturated rings. The van der Waals surface area contributed by atoms with E-state index in [1.165, 1.54) is 0 Å². The molecule has 1 aliphatic heterocycles. The van der Waals surface area contributed by atoms with Crippen LogP contribution in [0, 0.1) is 0 Å². The molecule has 4 aromatic carbocycles. The Morgan fingerprint density at radius 3 is 2.41 bits per heavy atom. The summed E-state index contributed by atoms with van der Waals surface area (Å²) in [6, 6.07) is 33.0. The van der Waals surface area contributed by atoms with Gasteiger partial charge in [0.05, 0.1) is 17.7 Å². The Kier molecular flexibility index (Phi) is 4.70. The van der Waals surface area contributed by atoms with Crippen LogP contribution >= 0.6 is 0 Å². The van der Waals surface area contributed by atoms with Gasteiger partial charge in [-0.25, -0.2) is 4.98 Å². The Balaban J connectivity index is 1.25. The van der Waals surface area contributed by atoms with Crippen molar-refractivity contribution in [1.29, 1.82) is 0 Å². The van der Waals surface area contributed by atoms with Gasteiger partial charge in [0.1, 0.15) is 28.5 Å². The average Bonchev–Trinajstić information content (AvgIpc) is 3.66. The number of hydrogen-bond donors (Lipinski definition) is 0. The van der Waals surface area contributed by atoms with Crippen molar-refractivity contribution < 1.29 is 9.15 Å². The van der Waals surface area contributed by atoms with Crippen LogP contribution in [0.15, 0.2) is 120 Å². The molecule has 0 aliphatic carbocycles. The van der Waals surface area contributed by atoms with E-state index < -0.39 is 0 Å². The predicted molar refractivity (Wildman–Crippen MR) is 157 cm³/mol. The maximum Gasteiger partial charge on any atom is 0.141 e. The number of aromatic nitrogens is 2. The summed E-state index contributed by atoms with van der Waals surface area (Å²) in [4.78, 5) is 9.22. The van der Waals surface area contributed by atoms with Crippen LogP contribution in [0.25, 0.3) is 49.6 Å². The Hall–Kier alpha value is -5.23. The minimum absolute atomic E-state index is 0.766. The van der Waals surface area contributed by atoms with Gasteiger partial charge in [-0.1, -0.05) is 42.5 Å². The van der Waals surface area contributed by atoms with Gasteiger partial charge >= 0.3 is 0 Å². The van der Waals surface area contributed by atoms with Crippen molar-refractivity contribution in [3.8, 4) is 17.3 Å². The van der Waals surface area contributed by atoms with Crippen molar-refractivity contribution in [2.75, 3.05) is 18.6 Å². The van der Waals surface area contributed by atoms with Gasteiger partial charge in [0.2, 0.25) is 0 Å². The normalized spacial score (nSPS) is 13.5. The molecule has 4 heterocycles. The maximum absolute atomic E-state index is 6.39. The summed E-state index contributed by atoms with van der Waals surface area (Å²) in [5.74, 6) is 2.36. The average molecular weight is 509 g/mol. The molecular formula is C33H24N4O2. The van der Waals surface area contributed by atoms with Crippen molar-refractivity contribution in [3.05, 3.63) is 116 Å². The van der Waals surface area contributed by atoms with Gasteiger partial charge in [0, 0.05) is 71.1 Å². The van der Waals surface area contributed by atoms with E-state index in [-0.39, 0.29) is 0 Å². The second-order valence-electron chi connectivity index (χ2n) is 9.93. The van der Waals surface area contributed by atoms with E-state index in [1.807, 2.05) is 48.7 Å². The van der Waals surface area contributed by atoms with E-state index in [9.17, 15) is 0 Å². The lowest BCUT2D eigenvalue weighted by Crippen LogP contribution is -2.21. The van der Waals surface area contributed by atoms with Crippen molar-refractivity contribution in [3.63, 3.8) is 0 Å². The standard InChI is InChI=1S/C33H24N4O2/c1-35-15-16-36(21-35)22-7-6-8-23(17-22)38-24-13-14-26-25-9-2-4-11-29(25)37(30(26)18-24)33-19-32-28(20-34-33)27-10-3-5-12-31(27)39-32/h2-20H,21H2,1H3. The summed E-state index contributed by atoms with van der Waals surface area (Å²) in [5, 5.41) is 4.39. The zero-order chi connectivity index (χ0) is 25.9. The predicted octanol–water partition coefficient (Wildman–Crippen LogP) is 8.05. The highest BCUT2D eigenvalue weighted by Gasteiger charge is 2.17. The Bertz CT molecular complexity index is 2070. The summed E-state index contributed by atoms with van der Waals surface area (Å²) >= 11 is 0. The van der Waals surface area contributed by atoms with Crippen LogP contribution in [0.4, 0.5) is 5.69 Å².